The molecular formula is C6H12P6. The fraction of sp³-hybridized carbons (Fsp3) is 0. The van der Waals surface area contributed by atoms with E-state index in [-0.39, 0.29) is 7.30 Å². The van der Waals surface area contributed by atoms with Crippen LogP contribution in [0.3, 0.4) is 0 Å². The Bertz CT molecular complexity index is 271. The Kier molecular flexibility index (Phi) is 5.57. The summed E-state index contributed by atoms with van der Waals surface area (Å²) < 4.78 is 0. The van der Waals surface area contributed by atoms with Gasteiger partial charge in [-0.1, -0.05) is 8.27 Å². The van der Waals surface area contributed by atoms with E-state index in [2.05, 4.69) is 54.2 Å². The Morgan fingerprint density at radius 2 is 1.83 bits per heavy atom. The molecule has 0 spiro atoms. The molecule has 0 heterocycles. The minimum Gasteiger partial charge on any atom is -0.110 e. The molecular weight excluding hydrogens is 258 g/mol. The second kappa shape index (κ2) is 5.63. The predicted octanol–water partition coefficient (Wildman–Crippen LogP) is 1.97. The van der Waals surface area contributed by atoms with Gasteiger partial charge in [-0.15, -0.1) is 36.0 Å². The minimum atomic E-state index is -0.119. The van der Waals surface area contributed by atoms with E-state index in [1.807, 2.05) is 0 Å². The molecule has 5 unspecified atom stereocenters. The molecule has 1 aromatic carbocycles. The highest BCUT2D eigenvalue weighted by atomic mass is 32.4. The summed E-state index contributed by atoms with van der Waals surface area (Å²) in [7, 11) is 11.9. The van der Waals surface area contributed by atoms with Crippen LogP contribution in [0, 0.1) is 0 Å². The first kappa shape index (κ1) is 11.9. The molecule has 1 aromatic rings. The topological polar surface area (TPSA) is 0 Å². The Morgan fingerprint density at radius 1 is 1.17 bits per heavy atom. The lowest BCUT2D eigenvalue weighted by Gasteiger charge is -2.08. The van der Waals surface area contributed by atoms with Crippen LogP contribution in [0.5, 0.6) is 0 Å². The van der Waals surface area contributed by atoms with Gasteiger partial charge in [0.05, 0.1) is 0 Å². The highest BCUT2D eigenvalue weighted by Gasteiger charge is 2.00. The first-order valence-corrected chi connectivity index (χ1v) is 11.3. The molecule has 0 N–H and O–H groups in total. The molecule has 12 heavy (non-hydrogen) atoms. The van der Waals surface area contributed by atoms with Crippen LogP contribution in [0.2, 0.25) is 0 Å². The quantitative estimate of drug-likeness (QED) is 0.721. The number of rotatable bonds is 2. The van der Waals surface area contributed by atoms with Gasteiger partial charge in [0.2, 0.25) is 0 Å². The third-order valence-corrected chi connectivity index (χ3v) is 6.00. The molecule has 0 aliphatic heterocycles. The average molecular weight is 270 g/mol. The molecule has 0 saturated carbocycles. The summed E-state index contributed by atoms with van der Waals surface area (Å²) >= 11 is 0. The number of hydrogen-bond donors (Lipinski definition) is 0. The summed E-state index contributed by atoms with van der Waals surface area (Å²) in [5.41, 5.74) is 0. The van der Waals surface area contributed by atoms with Crippen LogP contribution in [0.4, 0.5) is 0 Å². The standard InChI is InChI=1S/C6H12P6/c7-4-1-5(11-8)3-6(2-4)12(9)10/h1-3,11H,7-10H2. The van der Waals surface area contributed by atoms with E-state index in [4.69, 9.17) is 0 Å². The summed E-state index contributed by atoms with van der Waals surface area (Å²) in [5, 5.41) is 4.13. The zero-order valence-corrected chi connectivity index (χ0v) is 13.0. The van der Waals surface area contributed by atoms with E-state index in [1.165, 1.54) is 15.9 Å². The predicted molar refractivity (Wildman–Crippen MR) is 79.4 cm³/mol. The largest absolute Gasteiger partial charge is 0.110 e. The van der Waals surface area contributed by atoms with Crippen molar-refractivity contribution in [3.63, 3.8) is 0 Å². The first-order chi connectivity index (χ1) is 5.63. The van der Waals surface area contributed by atoms with Crippen molar-refractivity contribution in [2.75, 3.05) is 0 Å². The molecule has 0 bridgehead atoms. The summed E-state index contributed by atoms with van der Waals surface area (Å²) in [5.74, 6) is 0. The van der Waals surface area contributed by atoms with E-state index in [0.29, 0.717) is 0 Å². The molecule has 0 aliphatic carbocycles. The third-order valence-electron chi connectivity index (χ3n) is 1.40. The SMILES string of the molecule is PPc1cc(P)cc(P(P)P)c1. The van der Waals surface area contributed by atoms with E-state index in [0.717, 1.165) is 8.27 Å². The average Bonchev–Trinajstić information content (AvgIpc) is 2.03. The van der Waals surface area contributed by atoms with Crippen molar-refractivity contribution in [3.8, 4) is 0 Å². The van der Waals surface area contributed by atoms with Crippen molar-refractivity contribution < 1.29 is 0 Å². The van der Waals surface area contributed by atoms with Gasteiger partial charge in [0.25, 0.3) is 0 Å². The smallest absolute Gasteiger partial charge is 0.0151 e. The van der Waals surface area contributed by atoms with Gasteiger partial charge in [-0.05, 0) is 41.4 Å². The maximum atomic E-state index is 2.85. The Morgan fingerprint density at radius 3 is 2.33 bits per heavy atom. The van der Waals surface area contributed by atoms with Crippen molar-refractivity contribution in [2.45, 2.75) is 0 Å². The van der Waals surface area contributed by atoms with Crippen molar-refractivity contribution in [1.29, 1.82) is 0 Å². The van der Waals surface area contributed by atoms with Gasteiger partial charge in [0, 0.05) is 0 Å². The maximum Gasteiger partial charge on any atom is -0.0151 e. The normalized spacial score (nSPS) is 11.8. The van der Waals surface area contributed by atoms with Gasteiger partial charge in [-0.25, -0.2) is 0 Å². The zero-order valence-electron chi connectivity index (χ0n) is 6.49. The molecule has 0 amide bonds. The molecule has 0 fully saturated rings. The van der Waals surface area contributed by atoms with Crippen LogP contribution >= 0.6 is 51.6 Å². The fourth-order valence-electron chi connectivity index (χ4n) is 0.867. The number of hydrogen-bond acceptors (Lipinski definition) is 0. The van der Waals surface area contributed by atoms with E-state index >= 15 is 0 Å². The van der Waals surface area contributed by atoms with Crippen LogP contribution < -0.4 is 15.9 Å². The van der Waals surface area contributed by atoms with Crippen molar-refractivity contribution in [2.24, 2.45) is 0 Å². The van der Waals surface area contributed by atoms with E-state index in [9.17, 15) is 0 Å². The van der Waals surface area contributed by atoms with Crippen LogP contribution in [-0.2, 0) is 0 Å². The van der Waals surface area contributed by atoms with Gasteiger partial charge < -0.3 is 0 Å². The molecule has 6 heteroatoms. The third kappa shape index (κ3) is 3.51. The molecule has 0 nitrogen and oxygen atoms in total. The Balaban J connectivity index is 3.06. The van der Waals surface area contributed by atoms with Crippen LogP contribution in [0.1, 0.15) is 0 Å². The van der Waals surface area contributed by atoms with Gasteiger partial charge in [0.1, 0.15) is 0 Å². The Labute approximate surface area is 85.9 Å². The lowest BCUT2D eigenvalue weighted by Crippen LogP contribution is -2.11. The summed E-state index contributed by atoms with van der Waals surface area (Å²) in [6.07, 6.45) is 0. The molecule has 5 atom stereocenters. The lowest BCUT2D eigenvalue weighted by atomic mass is 10.4. The molecule has 0 radical (unpaired) electrons. The first-order valence-electron chi connectivity index (χ1n) is 3.30. The van der Waals surface area contributed by atoms with Crippen molar-refractivity contribution >= 4 is 67.5 Å². The molecule has 0 aliphatic rings. The van der Waals surface area contributed by atoms with Gasteiger partial charge >= 0.3 is 0 Å². The highest BCUT2D eigenvalue weighted by molar-refractivity contribution is 8.46. The van der Waals surface area contributed by atoms with Crippen LogP contribution in [-0.4, -0.2) is 0 Å². The van der Waals surface area contributed by atoms with Crippen LogP contribution in [0.25, 0.3) is 0 Å². The van der Waals surface area contributed by atoms with Gasteiger partial charge in [-0.3, -0.25) is 0 Å². The minimum absolute atomic E-state index is 0.119. The van der Waals surface area contributed by atoms with Gasteiger partial charge in [-0.2, -0.15) is 0 Å². The fourth-order valence-corrected chi connectivity index (χ4v) is 4.12. The van der Waals surface area contributed by atoms with Gasteiger partial charge in [0.15, 0.2) is 0 Å². The lowest BCUT2D eigenvalue weighted by molar-refractivity contribution is 1.94. The van der Waals surface area contributed by atoms with Crippen molar-refractivity contribution in [3.05, 3.63) is 18.2 Å². The molecule has 0 saturated heterocycles. The highest BCUT2D eigenvalue weighted by Crippen LogP contribution is 2.51. The van der Waals surface area contributed by atoms with E-state index < -0.39 is 0 Å². The maximum absolute atomic E-state index is 2.85. The zero-order chi connectivity index (χ0) is 9.14. The molecule has 66 valence electrons. The Hall–Kier alpha value is 1.80. The second-order valence-electron chi connectivity index (χ2n) is 2.36. The number of benzene rings is 1. The summed E-state index contributed by atoms with van der Waals surface area (Å²) in [4.78, 5) is 0. The molecule has 1 rings (SSSR count). The van der Waals surface area contributed by atoms with Crippen LogP contribution in [0.15, 0.2) is 18.2 Å². The van der Waals surface area contributed by atoms with Crippen molar-refractivity contribution in [1.82, 2.24) is 0 Å². The second-order valence-corrected chi connectivity index (χ2v) is 11.2. The van der Waals surface area contributed by atoms with E-state index in [1.54, 1.807) is 0 Å². The molecule has 0 aromatic heterocycles. The summed E-state index contributed by atoms with van der Waals surface area (Å²) in [6, 6.07) is 6.73. The summed E-state index contributed by atoms with van der Waals surface area (Å²) in [6.45, 7) is 0. The monoisotopic (exact) mass is 270 g/mol.